The number of benzene rings is 1. The first-order valence-corrected chi connectivity index (χ1v) is 6.88. The molecule has 22 heavy (non-hydrogen) atoms. The van der Waals surface area contributed by atoms with Crippen LogP contribution in [-0.2, 0) is 4.79 Å². The minimum Gasteiger partial charge on any atom is -0.465 e. The van der Waals surface area contributed by atoms with Gasteiger partial charge in [-0.15, -0.1) is 0 Å². The standard InChI is InChI=1S/C17H14O5/c1-10(2)17(19)21-12-5-6-13-14(9-12)22-15(16(13)18)8-11-4-3-7-20-11/h3-10H,1-2H3. The van der Waals surface area contributed by atoms with Crippen LogP contribution in [0.5, 0.6) is 11.5 Å². The van der Waals surface area contributed by atoms with E-state index in [0.717, 1.165) is 0 Å². The van der Waals surface area contributed by atoms with Gasteiger partial charge in [0.05, 0.1) is 17.7 Å². The zero-order valence-electron chi connectivity index (χ0n) is 12.2. The molecule has 0 aliphatic carbocycles. The summed E-state index contributed by atoms with van der Waals surface area (Å²) in [6.07, 6.45) is 3.05. The number of hydrogen-bond acceptors (Lipinski definition) is 5. The number of Topliss-reactive ketones (excluding diaryl/α,β-unsaturated/α-hetero) is 1. The summed E-state index contributed by atoms with van der Waals surface area (Å²) in [4.78, 5) is 23.8. The van der Waals surface area contributed by atoms with E-state index in [4.69, 9.17) is 13.9 Å². The van der Waals surface area contributed by atoms with E-state index in [1.54, 1.807) is 38.1 Å². The van der Waals surface area contributed by atoms with Crippen molar-refractivity contribution < 1.29 is 23.5 Å². The molecule has 0 amide bonds. The SMILES string of the molecule is CC(C)C(=O)Oc1ccc2c(c1)OC(=Cc1ccco1)C2=O. The Bertz CT molecular complexity index is 753. The van der Waals surface area contributed by atoms with Crippen molar-refractivity contribution in [1.29, 1.82) is 0 Å². The summed E-state index contributed by atoms with van der Waals surface area (Å²) in [5, 5.41) is 0. The highest BCUT2D eigenvalue weighted by atomic mass is 16.5. The second-order valence-corrected chi connectivity index (χ2v) is 5.19. The lowest BCUT2D eigenvalue weighted by Crippen LogP contribution is -2.14. The van der Waals surface area contributed by atoms with Gasteiger partial charge in [0.1, 0.15) is 17.3 Å². The smallest absolute Gasteiger partial charge is 0.313 e. The van der Waals surface area contributed by atoms with Crippen molar-refractivity contribution in [3.63, 3.8) is 0 Å². The third kappa shape index (κ3) is 2.65. The third-order valence-corrected chi connectivity index (χ3v) is 3.15. The van der Waals surface area contributed by atoms with Crippen LogP contribution in [0, 0.1) is 5.92 Å². The van der Waals surface area contributed by atoms with Crippen LogP contribution in [-0.4, -0.2) is 11.8 Å². The monoisotopic (exact) mass is 298 g/mol. The molecule has 2 aromatic rings. The van der Waals surface area contributed by atoms with Crippen LogP contribution in [0.4, 0.5) is 0 Å². The van der Waals surface area contributed by atoms with Crippen molar-refractivity contribution in [2.75, 3.05) is 0 Å². The average molecular weight is 298 g/mol. The molecular formula is C17H14O5. The number of ketones is 1. The molecule has 0 spiro atoms. The van der Waals surface area contributed by atoms with E-state index in [2.05, 4.69) is 0 Å². The quantitative estimate of drug-likeness (QED) is 0.493. The second-order valence-electron chi connectivity index (χ2n) is 5.19. The minimum atomic E-state index is -0.337. The van der Waals surface area contributed by atoms with E-state index in [1.807, 2.05) is 0 Å². The summed E-state index contributed by atoms with van der Waals surface area (Å²) in [5.74, 6) is 0.634. The largest absolute Gasteiger partial charge is 0.465 e. The fourth-order valence-electron chi connectivity index (χ4n) is 1.97. The molecule has 0 radical (unpaired) electrons. The predicted molar refractivity (Wildman–Crippen MR) is 78.6 cm³/mol. The lowest BCUT2D eigenvalue weighted by atomic mass is 10.1. The van der Waals surface area contributed by atoms with Crippen LogP contribution >= 0.6 is 0 Å². The first-order chi connectivity index (χ1) is 10.5. The number of allylic oxidation sites excluding steroid dienone is 1. The summed E-state index contributed by atoms with van der Waals surface area (Å²) >= 11 is 0. The van der Waals surface area contributed by atoms with E-state index < -0.39 is 0 Å². The molecule has 3 rings (SSSR count). The summed E-state index contributed by atoms with van der Waals surface area (Å²) < 4.78 is 15.9. The molecular weight excluding hydrogens is 284 g/mol. The van der Waals surface area contributed by atoms with Crippen molar-refractivity contribution in [3.8, 4) is 11.5 Å². The first kappa shape index (κ1) is 14.1. The highest BCUT2D eigenvalue weighted by Crippen LogP contribution is 2.35. The Balaban J connectivity index is 1.85. The van der Waals surface area contributed by atoms with E-state index >= 15 is 0 Å². The number of ether oxygens (including phenoxy) is 2. The van der Waals surface area contributed by atoms with Crippen LogP contribution in [0.25, 0.3) is 6.08 Å². The van der Waals surface area contributed by atoms with Gasteiger partial charge in [-0.05, 0) is 24.3 Å². The molecule has 1 aliphatic heterocycles. The maximum atomic E-state index is 12.2. The van der Waals surface area contributed by atoms with Gasteiger partial charge in [-0.1, -0.05) is 13.8 Å². The number of carbonyl (C=O) groups excluding carboxylic acids is 2. The van der Waals surface area contributed by atoms with Crippen LogP contribution in [0.2, 0.25) is 0 Å². The number of rotatable bonds is 3. The lowest BCUT2D eigenvalue weighted by Gasteiger charge is -2.07. The lowest BCUT2D eigenvalue weighted by molar-refractivity contribution is -0.137. The molecule has 5 heteroatoms. The molecule has 5 nitrogen and oxygen atoms in total. The highest BCUT2D eigenvalue weighted by Gasteiger charge is 2.28. The van der Waals surface area contributed by atoms with Crippen LogP contribution in [0.1, 0.15) is 30.0 Å². The Hall–Kier alpha value is -2.82. The number of furan rings is 1. The van der Waals surface area contributed by atoms with Gasteiger partial charge in [0.25, 0.3) is 0 Å². The molecule has 0 atom stereocenters. The Kier molecular flexibility index (Phi) is 3.55. The van der Waals surface area contributed by atoms with E-state index in [0.29, 0.717) is 22.8 Å². The Morgan fingerprint density at radius 1 is 1.27 bits per heavy atom. The number of carbonyl (C=O) groups is 2. The van der Waals surface area contributed by atoms with Gasteiger partial charge in [0, 0.05) is 12.1 Å². The van der Waals surface area contributed by atoms with Crippen molar-refractivity contribution in [2.24, 2.45) is 5.92 Å². The topological polar surface area (TPSA) is 65.7 Å². The molecule has 0 N–H and O–H groups in total. The van der Waals surface area contributed by atoms with Gasteiger partial charge in [0.2, 0.25) is 5.78 Å². The minimum absolute atomic E-state index is 0.178. The van der Waals surface area contributed by atoms with E-state index in [-0.39, 0.29) is 23.4 Å². The fourth-order valence-corrected chi connectivity index (χ4v) is 1.97. The fraction of sp³-hybridized carbons (Fsp3) is 0.176. The number of hydrogen-bond donors (Lipinski definition) is 0. The first-order valence-electron chi connectivity index (χ1n) is 6.88. The summed E-state index contributed by atoms with van der Waals surface area (Å²) in [5.41, 5.74) is 0.433. The molecule has 112 valence electrons. The van der Waals surface area contributed by atoms with Crippen molar-refractivity contribution in [3.05, 3.63) is 53.7 Å². The van der Waals surface area contributed by atoms with Gasteiger partial charge in [0.15, 0.2) is 5.76 Å². The van der Waals surface area contributed by atoms with Crippen molar-refractivity contribution in [1.82, 2.24) is 0 Å². The maximum absolute atomic E-state index is 12.2. The molecule has 1 aromatic heterocycles. The summed E-state index contributed by atoms with van der Waals surface area (Å²) in [6, 6.07) is 8.15. The van der Waals surface area contributed by atoms with Crippen molar-refractivity contribution >= 4 is 17.8 Å². The van der Waals surface area contributed by atoms with Gasteiger partial charge in [-0.3, -0.25) is 9.59 Å². The molecule has 0 saturated heterocycles. The second kappa shape index (κ2) is 5.52. The average Bonchev–Trinajstić information content (AvgIpc) is 3.08. The predicted octanol–water partition coefficient (Wildman–Crippen LogP) is 3.46. The zero-order valence-corrected chi connectivity index (χ0v) is 12.2. The number of fused-ring (bicyclic) bond motifs is 1. The van der Waals surface area contributed by atoms with Gasteiger partial charge in [-0.2, -0.15) is 0 Å². The van der Waals surface area contributed by atoms with Crippen LogP contribution in [0.15, 0.2) is 46.8 Å². The van der Waals surface area contributed by atoms with Gasteiger partial charge < -0.3 is 13.9 Å². The Morgan fingerprint density at radius 3 is 2.77 bits per heavy atom. The Labute approximate surface area is 127 Å². The van der Waals surface area contributed by atoms with Crippen LogP contribution in [0.3, 0.4) is 0 Å². The molecule has 0 bridgehead atoms. The molecule has 0 fully saturated rings. The summed E-state index contributed by atoms with van der Waals surface area (Å²) in [6.45, 7) is 3.50. The summed E-state index contributed by atoms with van der Waals surface area (Å²) in [7, 11) is 0. The maximum Gasteiger partial charge on any atom is 0.313 e. The molecule has 0 saturated carbocycles. The highest BCUT2D eigenvalue weighted by molar-refractivity contribution is 6.14. The zero-order chi connectivity index (χ0) is 15.7. The molecule has 1 aliphatic rings. The van der Waals surface area contributed by atoms with E-state index in [9.17, 15) is 9.59 Å². The number of esters is 1. The van der Waals surface area contributed by atoms with Gasteiger partial charge >= 0.3 is 5.97 Å². The van der Waals surface area contributed by atoms with E-state index in [1.165, 1.54) is 18.4 Å². The Morgan fingerprint density at radius 2 is 2.09 bits per heavy atom. The molecule has 0 unspecified atom stereocenters. The van der Waals surface area contributed by atoms with Crippen molar-refractivity contribution in [2.45, 2.75) is 13.8 Å². The normalized spacial score (nSPS) is 15.0. The third-order valence-electron chi connectivity index (χ3n) is 3.15. The van der Waals surface area contributed by atoms with Gasteiger partial charge in [-0.25, -0.2) is 0 Å². The van der Waals surface area contributed by atoms with Crippen LogP contribution < -0.4 is 9.47 Å². The molecule has 1 aromatic carbocycles. The molecule has 2 heterocycles.